The summed E-state index contributed by atoms with van der Waals surface area (Å²) in [6.45, 7) is 2.15. The fraction of sp³-hybridized carbons (Fsp3) is 0.250. The zero-order chi connectivity index (χ0) is 9.97. The normalized spacial score (nSPS) is 16.1. The van der Waals surface area contributed by atoms with Gasteiger partial charge in [0.05, 0.1) is 4.90 Å². The molecule has 0 fully saturated rings. The summed E-state index contributed by atoms with van der Waals surface area (Å²) in [5.74, 6) is 0.408. The highest BCUT2D eigenvalue weighted by atomic mass is 33.8. The minimum atomic E-state index is 0.408. The van der Waals surface area contributed by atoms with Crippen LogP contribution in [0.5, 0.6) is 5.75 Å². The number of phenolic OH excluding ortho intramolecular Hbond substituents is 1. The predicted molar refractivity (Wildman–Crippen MR) is 72.0 cm³/mol. The Morgan fingerprint density at radius 2 is 1.79 bits per heavy atom. The topological polar surface area (TPSA) is 20.2 Å². The average Bonchev–Trinajstić information content (AvgIpc) is 2.44. The summed E-state index contributed by atoms with van der Waals surface area (Å²) >= 11 is 0. The molecule has 1 aliphatic heterocycles. The lowest BCUT2D eigenvalue weighted by atomic mass is 10.2. The Labute approximate surface area is 102 Å². The fourth-order valence-electron chi connectivity index (χ4n) is 1.15. The fourth-order valence-corrected chi connectivity index (χ4v) is 10.4. The molecule has 1 aliphatic rings. The number of benzene rings is 1. The standard InChI is InChI=1S/C8H8OS5/c1-2-5-3-4-6(9)8-7(5)10-12-14-13-11-8/h3-4,9H,2H2,1H3. The van der Waals surface area contributed by atoms with Gasteiger partial charge in [0, 0.05) is 4.90 Å². The van der Waals surface area contributed by atoms with Crippen molar-refractivity contribution in [2.24, 2.45) is 0 Å². The molecule has 0 amide bonds. The van der Waals surface area contributed by atoms with Crippen LogP contribution in [0.3, 0.4) is 0 Å². The van der Waals surface area contributed by atoms with E-state index < -0.39 is 0 Å². The van der Waals surface area contributed by atoms with Crippen molar-refractivity contribution >= 4 is 51.1 Å². The first-order chi connectivity index (χ1) is 6.83. The van der Waals surface area contributed by atoms with Crippen LogP contribution in [0, 0.1) is 0 Å². The molecule has 2 rings (SSSR count). The van der Waals surface area contributed by atoms with Crippen molar-refractivity contribution in [3.05, 3.63) is 17.7 Å². The Hall–Kier alpha value is 0.770. The maximum Gasteiger partial charge on any atom is 0.131 e. The lowest BCUT2D eigenvalue weighted by Crippen LogP contribution is -1.86. The van der Waals surface area contributed by atoms with Crippen LogP contribution in [-0.4, -0.2) is 5.11 Å². The molecule has 0 bridgehead atoms. The first-order valence-corrected chi connectivity index (χ1v) is 10.2. The van der Waals surface area contributed by atoms with Crippen LogP contribution in [0.25, 0.3) is 0 Å². The smallest absolute Gasteiger partial charge is 0.131 e. The molecular weight excluding hydrogens is 272 g/mol. The van der Waals surface area contributed by atoms with Gasteiger partial charge < -0.3 is 5.11 Å². The highest BCUT2D eigenvalue weighted by Gasteiger charge is 2.17. The van der Waals surface area contributed by atoms with E-state index in [1.54, 1.807) is 57.1 Å². The van der Waals surface area contributed by atoms with E-state index in [9.17, 15) is 5.11 Å². The number of rotatable bonds is 1. The van der Waals surface area contributed by atoms with Crippen molar-refractivity contribution in [2.45, 2.75) is 23.1 Å². The Balaban J connectivity index is 2.49. The Morgan fingerprint density at radius 3 is 2.50 bits per heavy atom. The summed E-state index contributed by atoms with van der Waals surface area (Å²) in [7, 11) is 8.62. The van der Waals surface area contributed by atoms with E-state index in [2.05, 4.69) is 6.92 Å². The van der Waals surface area contributed by atoms with Gasteiger partial charge in [0.25, 0.3) is 0 Å². The minimum Gasteiger partial charge on any atom is -0.507 e. The SMILES string of the molecule is CCc1ccc(O)c2c1SSSSS2. The zero-order valence-corrected chi connectivity index (χ0v) is 11.4. The third kappa shape index (κ3) is 2.29. The van der Waals surface area contributed by atoms with Crippen LogP contribution in [0.2, 0.25) is 0 Å². The summed E-state index contributed by atoms with van der Waals surface area (Å²) in [5.41, 5.74) is 1.32. The average molecular weight is 280 g/mol. The second-order valence-corrected chi connectivity index (χ2v) is 10.1. The number of aromatic hydroxyl groups is 1. The molecule has 1 aromatic rings. The number of hydrogen-bond acceptors (Lipinski definition) is 6. The molecule has 0 unspecified atom stereocenters. The van der Waals surface area contributed by atoms with E-state index in [-0.39, 0.29) is 0 Å². The summed E-state index contributed by atoms with van der Waals surface area (Å²) in [4.78, 5) is 2.26. The molecule has 0 aromatic heterocycles. The minimum absolute atomic E-state index is 0.408. The lowest BCUT2D eigenvalue weighted by molar-refractivity contribution is 0.459. The molecule has 0 saturated heterocycles. The van der Waals surface area contributed by atoms with Crippen LogP contribution < -0.4 is 0 Å². The predicted octanol–water partition coefficient (Wildman–Crippen LogP) is 5.01. The molecule has 1 aromatic carbocycles. The zero-order valence-electron chi connectivity index (χ0n) is 7.35. The molecule has 6 heteroatoms. The lowest BCUT2D eigenvalue weighted by Gasteiger charge is -2.09. The Kier molecular flexibility index (Phi) is 4.19. The van der Waals surface area contributed by atoms with Crippen molar-refractivity contribution in [3.63, 3.8) is 0 Å². The molecule has 0 atom stereocenters. The van der Waals surface area contributed by atoms with Crippen molar-refractivity contribution in [2.75, 3.05) is 0 Å². The largest absolute Gasteiger partial charge is 0.507 e. The third-order valence-electron chi connectivity index (χ3n) is 1.84. The van der Waals surface area contributed by atoms with Gasteiger partial charge in [0.15, 0.2) is 0 Å². The quantitative estimate of drug-likeness (QED) is 0.724. The van der Waals surface area contributed by atoms with Gasteiger partial charge in [0.1, 0.15) is 5.75 Å². The van der Waals surface area contributed by atoms with Crippen LogP contribution >= 0.6 is 51.1 Å². The molecule has 1 heterocycles. The van der Waals surface area contributed by atoms with Crippen molar-refractivity contribution in [1.82, 2.24) is 0 Å². The summed E-state index contributed by atoms with van der Waals surface area (Å²) < 4.78 is 0. The van der Waals surface area contributed by atoms with Crippen LogP contribution in [0.15, 0.2) is 21.9 Å². The van der Waals surface area contributed by atoms with E-state index in [4.69, 9.17) is 0 Å². The number of hydrogen-bond donors (Lipinski definition) is 1. The monoisotopic (exact) mass is 280 g/mol. The number of aryl methyl sites for hydroxylation is 1. The number of fused-ring (bicyclic) bond motifs is 1. The van der Waals surface area contributed by atoms with E-state index in [1.165, 1.54) is 10.5 Å². The van der Waals surface area contributed by atoms with Gasteiger partial charge in [-0.3, -0.25) is 0 Å². The van der Waals surface area contributed by atoms with E-state index in [1.807, 2.05) is 6.07 Å². The van der Waals surface area contributed by atoms with E-state index in [0.29, 0.717) is 5.75 Å². The van der Waals surface area contributed by atoms with Gasteiger partial charge in [-0.25, -0.2) is 0 Å². The summed E-state index contributed by atoms with van der Waals surface area (Å²) in [5, 5.41) is 9.74. The molecule has 1 nitrogen and oxygen atoms in total. The van der Waals surface area contributed by atoms with Gasteiger partial charge in [-0.15, -0.1) is 0 Å². The van der Waals surface area contributed by atoms with Crippen LogP contribution in [-0.2, 0) is 6.42 Å². The van der Waals surface area contributed by atoms with Gasteiger partial charge in [-0.1, -0.05) is 13.0 Å². The highest BCUT2D eigenvalue weighted by Crippen LogP contribution is 2.61. The van der Waals surface area contributed by atoms with Crippen molar-refractivity contribution < 1.29 is 5.11 Å². The number of phenols is 1. The maximum atomic E-state index is 9.74. The maximum absolute atomic E-state index is 9.74. The molecule has 0 aliphatic carbocycles. The summed E-state index contributed by atoms with van der Waals surface area (Å²) in [6, 6.07) is 3.81. The molecule has 14 heavy (non-hydrogen) atoms. The molecule has 76 valence electrons. The van der Waals surface area contributed by atoms with E-state index >= 15 is 0 Å². The molecule has 0 radical (unpaired) electrons. The van der Waals surface area contributed by atoms with Crippen LogP contribution in [0.4, 0.5) is 0 Å². The van der Waals surface area contributed by atoms with Gasteiger partial charge in [-0.05, 0) is 69.1 Å². The van der Waals surface area contributed by atoms with Crippen molar-refractivity contribution in [3.8, 4) is 5.75 Å². The highest BCUT2D eigenvalue weighted by molar-refractivity contribution is 9.36. The molecule has 1 N–H and O–H groups in total. The molecule has 0 saturated carbocycles. The third-order valence-corrected chi connectivity index (χ3v) is 10.4. The first kappa shape index (κ1) is 11.3. The van der Waals surface area contributed by atoms with Crippen molar-refractivity contribution in [1.29, 1.82) is 0 Å². The Morgan fingerprint density at radius 1 is 1.07 bits per heavy atom. The van der Waals surface area contributed by atoms with Crippen LogP contribution in [0.1, 0.15) is 12.5 Å². The Bertz CT molecular complexity index is 341. The molecule has 0 spiro atoms. The second-order valence-electron chi connectivity index (χ2n) is 2.63. The first-order valence-electron chi connectivity index (χ1n) is 4.02. The molecular formula is C8H8OS5. The van der Waals surface area contributed by atoms with E-state index in [0.717, 1.165) is 11.3 Å². The summed E-state index contributed by atoms with van der Waals surface area (Å²) in [6.07, 6.45) is 1.02. The van der Waals surface area contributed by atoms with Gasteiger partial charge >= 0.3 is 0 Å². The van der Waals surface area contributed by atoms with Gasteiger partial charge in [-0.2, -0.15) is 0 Å². The second kappa shape index (κ2) is 5.21. The van der Waals surface area contributed by atoms with Gasteiger partial charge in [0.2, 0.25) is 0 Å².